The number of thioether (sulfide) groups is 1. The summed E-state index contributed by atoms with van der Waals surface area (Å²) in [7, 11) is 0. The average Bonchev–Trinajstić information content (AvgIpc) is 3.17. The number of anilines is 1. The lowest BCUT2D eigenvalue weighted by Gasteiger charge is -2.22. The highest BCUT2D eigenvalue weighted by Crippen LogP contribution is 2.33. The van der Waals surface area contributed by atoms with Gasteiger partial charge in [-0.05, 0) is 45.0 Å². The highest BCUT2D eigenvalue weighted by molar-refractivity contribution is 7.98. The van der Waals surface area contributed by atoms with E-state index in [9.17, 15) is 9.59 Å². The number of nitrogens with one attached hydrogen (secondary N) is 1. The number of aryl methyl sites for hydroxylation is 2. The highest BCUT2D eigenvalue weighted by Gasteiger charge is 2.21. The summed E-state index contributed by atoms with van der Waals surface area (Å²) in [6.45, 7) is 6.95. The van der Waals surface area contributed by atoms with Gasteiger partial charge in [0.25, 0.3) is 5.91 Å². The fraction of sp³-hybridized carbons (Fsp3) is 0.320. The summed E-state index contributed by atoms with van der Waals surface area (Å²) in [5, 5.41) is 6.84. The molecule has 0 bridgehead atoms. The Morgan fingerprint density at radius 2 is 1.85 bits per heavy atom. The molecule has 0 fully saturated rings. The van der Waals surface area contributed by atoms with Crippen molar-refractivity contribution in [2.24, 2.45) is 0 Å². The van der Waals surface area contributed by atoms with Gasteiger partial charge in [-0.3, -0.25) is 9.59 Å². The minimum atomic E-state index is -0.285. The Morgan fingerprint density at radius 1 is 1.09 bits per heavy atom. The predicted octanol–water partition coefficient (Wildman–Crippen LogP) is 4.46. The van der Waals surface area contributed by atoms with E-state index < -0.39 is 0 Å². The van der Waals surface area contributed by atoms with Gasteiger partial charge in [0.15, 0.2) is 11.5 Å². The fourth-order valence-corrected chi connectivity index (χ4v) is 4.82. The van der Waals surface area contributed by atoms with Crippen LogP contribution in [-0.2, 0) is 10.5 Å². The zero-order valence-electron chi connectivity index (χ0n) is 19.4. The number of ether oxygens (including phenoxy) is 2. The van der Waals surface area contributed by atoms with E-state index >= 15 is 0 Å². The molecular formula is C25H27N3O5S. The second kappa shape index (κ2) is 10.6. The molecule has 8 nitrogen and oxygen atoms in total. The largest absolute Gasteiger partial charge is 0.486 e. The number of fused-ring (bicyclic) bond motifs is 1. The number of hydrogen-bond donors (Lipinski definition) is 1. The topological polar surface area (TPSA) is 93.9 Å². The van der Waals surface area contributed by atoms with Crippen LogP contribution in [-0.4, -0.2) is 48.2 Å². The first kappa shape index (κ1) is 23.7. The lowest BCUT2D eigenvalue weighted by molar-refractivity contribution is -0.116. The lowest BCUT2D eigenvalue weighted by atomic mass is 10.2. The first-order valence-corrected chi connectivity index (χ1v) is 12.1. The summed E-state index contributed by atoms with van der Waals surface area (Å²) in [6, 6.07) is 12.7. The van der Waals surface area contributed by atoms with Gasteiger partial charge < -0.3 is 24.2 Å². The molecule has 0 spiro atoms. The minimum absolute atomic E-state index is 0.0629. The molecule has 1 aromatic heterocycles. The summed E-state index contributed by atoms with van der Waals surface area (Å²) >= 11 is 1.55. The van der Waals surface area contributed by atoms with Gasteiger partial charge in [0.2, 0.25) is 5.91 Å². The molecule has 2 aromatic carbocycles. The van der Waals surface area contributed by atoms with Crippen LogP contribution in [0.1, 0.15) is 34.3 Å². The zero-order valence-corrected chi connectivity index (χ0v) is 20.2. The van der Waals surface area contributed by atoms with Crippen molar-refractivity contribution in [1.82, 2.24) is 10.1 Å². The monoisotopic (exact) mass is 481 g/mol. The maximum atomic E-state index is 13.3. The van der Waals surface area contributed by atoms with Crippen LogP contribution in [0.4, 0.5) is 5.69 Å². The smallest absolute Gasteiger partial charge is 0.255 e. The lowest BCUT2D eigenvalue weighted by Crippen LogP contribution is -2.38. The quantitative estimate of drug-likeness (QED) is 0.475. The number of carbonyl (C=O) groups is 2. The summed E-state index contributed by atoms with van der Waals surface area (Å²) in [6.07, 6.45) is 0. The van der Waals surface area contributed by atoms with Crippen LogP contribution in [0.25, 0.3) is 0 Å². The first-order valence-electron chi connectivity index (χ1n) is 11.1. The Morgan fingerprint density at radius 3 is 2.59 bits per heavy atom. The number of hydrogen-bond acceptors (Lipinski definition) is 7. The van der Waals surface area contributed by atoms with Gasteiger partial charge in [-0.15, -0.1) is 11.8 Å². The molecule has 34 heavy (non-hydrogen) atoms. The fourth-order valence-electron chi connectivity index (χ4n) is 3.62. The Balaban J connectivity index is 1.42. The van der Waals surface area contributed by atoms with E-state index in [2.05, 4.69) is 10.5 Å². The molecule has 0 atom stereocenters. The van der Waals surface area contributed by atoms with Crippen LogP contribution in [0.3, 0.4) is 0 Å². The Hall–Kier alpha value is -3.46. The molecule has 0 saturated heterocycles. The Bertz CT molecular complexity index is 1170. The molecule has 1 aliphatic heterocycles. The van der Waals surface area contributed by atoms with Gasteiger partial charge in [0.1, 0.15) is 25.5 Å². The van der Waals surface area contributed by atoms with E-state index in [0.717, 1.165) is 21.9 Å². The van der Waals surface area contributed by atoms with Crippen molar-refractivity contribution in [2.75, 3.05) is 31.6 Å². The minimum Gasteiger partial charge on any atom is -0.486 e. The number of carbonyl (C=O) groups excluding carboxylic acids is 2. The van der Waals surface area contributed by atoms with Crippen molar-refractivity contribution in [2.45, 2.75) is 31.4 Å². The SMILES string of the molecule is CCN(CC(=O)Nc1ccc2c(c1)OCCO2)C(=O)c1ccccc1SCc1c(C)noc1C. The zero-order chi connectivity index (χ0) is 24.1. The van der Waals surface area contributed by atoms with E-state index in [1.807, 2.05) is 39.0 Å². The van der Waals surface area contributed by atoms with E-state index in [1.165, 1.54) is 4.90 Å². The third-order valence-electron chi connectivity index (χ3n) is 5.50. The molecule has 9 heteroatoms. The van der Waals surface area contributed by atoms with Crippen LogP contribution in [0.2, 0.25) is 0 Å². The maximum Gasteiger partial charge on any atom is 0.255 e. The van der Waals surface area contributed by atoms with Gasteiger partial charge in [-0.2, -0.15) is 0 Å². The van der Waals surface area contributed by atoms with Crippen LogP contribution in [0.5, 0.6) is 11.5 Å². The van der Waals surface area contributed by atoms with Crippen molar-refractivity contribution in [3.05, 3.63) is 65.0 Å². The summed E-state index contributed by atoms with van der Waals surface area (Å²) in [5.41, 5.74) is 3.03. The Labute approximate surface area is 202 Å². The van der Waals surface area contributed by atoms with Crippen molar-refractivity contribution in [3.8, 4) is 11.5 Å². The van der Waals surface area contributed by atoms with Gasteiger partial charge in [-0.1, -0.05) is 17.3 Å². The van der Waals surface area contributed by atoms with Gasteiger partial charge in [0, 0.05) is 34.5 Å². The number of nitrogens with zero attached hydrogens (tertiary/aromatic N) is 2. The number of benzene rings is 2. The van der Waals surface area contributed by atoms with Crippen molar-refractivity contribution in [1.29, 1.82) is 0 Å². The van der Waals surface area contributed by atoms with Crippen LogP contribution < -0.4 is 14.8 Å². The molecule has 0 unspecified atom stereocenters. The normalized spacial score (nSPS) is 12.3. The first-order chi connectivity index (χ1) is 16.5. The molecule has 2 amide bonds. The number of aromatic nitrogens is 1. The highest BCUT2D eigenvalue weighted by atomic mass is 32.2. The summed E-state index contributed by atoms with van der Waals surface area (Å²) in [5.74, 6) is 2.19. The van der Waals surface area contributed by atoms with Gasteiger partial charge in [0.05, 0.1) is 11.3 Å². The van der Waals surface area contributed by atoms with E-state index in [4.69, 9.17) is 14.0 Å². The van der Waals surface area contributed by atoms with Crippen molar-refractivity contribution < 1.29 is 23.6 Å². The molecule has 2 heterocycles. The molecule has 4 rings (SSSR count). The molecule has 0 saturated carbocycles. The molecular weight excluding hydrogens is 454 g/mol. The molecule has 1 N–H and O–H groups in total. The molecule has 178 valence electrons. The van der Waals surface area contributed by atoms with Crippen LogP contribution in [0.15, 0.2) is 51.9 Å². The average molecular weight is 482 g/mol. The molecule has 0 aliphatic carbocycles. The number of rotatable bonds is 8. The van der Waals surface area contributed by atoms with Crippen LogP contribution in [0, 0.1) is 13.8 Å². The van der Waals surface area contributed by atoms with E-state index in [-0.39, 0.29) is 18.4 Å². The third kappa shape index (κ3) is 5.36. The summed E-state index contributed by atoms with van der Waals surface area (Å²) in [4.78, 5) is 28.4. The Kier molecular flexibility index (Phi) is 7.42. The van der Waals surface area contributed by atoms with Crippen molar-refractivity contribution in [3.63, 3.8) is 0 Å². The second-order valence-corrected chi connectivity index (χ2v) is 8.83. The van der Waals surface area contributed by atoms with Crippen molar-refractivity contribution >= 4 is 29.3 Å². The van der Waals surface area contributed by atoms with E-state index in [0.29, 0.717) is 48.3 Å². The standard InChI is InChI=1S/C25H27N3O5S/c1-4-28(14-24(29)26-18-9-10-21-22(13-18)32-12-11-31-21)25(30)19-7-5-6-8-23(19)34-15-20-16(2)27-33-17(20)3/h5-10,13H,4,11-12,14-15H2,1-3H3,(H,26,29). The molecule has 0 radical (unpaired) electrons. The van der Waals surface area contributed by atoms with Crippen LogP contribution >= 0.6 is 11.8 Å². The van der Waals surface area contributed by atoms with Gasteiger partial charge >= 0.3 is 0 Å². The third-order valence-corrected chi connectivity index (χ3v) is 6.60. The summed E-state index contributed by atoms with van der Waals surface area (Å²) < 4.78 is 16.3. The number of amides is 2. The number of likely N-dealkylation sites (N-methyl/N-ethyl adjacent to an activating group) is 1. The second-order valence-electron chi connectivity index (χ2n) is 7.81. The predicted molar refractivity (Wildman–Crippen MR) is 130 cm³/mol. The maximum absolute atomic E-state index is 13.3. The van der Waals surface area contributed by atoms with E-state index in [1.54, 1.807) is 36.0 Å². The van der Waals surface area contributed by atoms with Gasteiger partial charge in [-0.25, -0.2) is 0 Å². The molecule has 3 aromatic rings. The molecule has 1 aliphatic rings.